The Morgan fingerprint density at radius 3 is 2.28 bits per heavy atom. The highest BCUT2D eigenvalue weighted by Gasteiger charge is 2.30. The lowest BCUT2D eigenvalue weighted by Gasteiger charge is -2.32. The topological polar surface area (TPSA) is 86.8 Å². The molecule has 2 amide bonds. The van der Waals surface area contributed by atoms with Crippen LogP contribution in [0.5, 0.6) is 0 Å². The van der Waals surface area contributed by atoms with Crippen LogP contribution in [0, 0.1) is 13.8 Å². The third-order valence-corrected chi connectivity index (χ3v) is 6.34. The summed E-state index contributed by atoms with van der Waals surface area (Å²) in [6, 6.07) is 14.0. The van der Waals surface area contributed by atoms with Gasteiger partial charge in [0.25, 0.3) is 0 Å². The van der Waals surface area contributed by atoms with Gasteiger partial charge in [0.2, 0.25) is 21.8 Å². The second kappa shape index (κ2) is 11.1. The van der Waals surface area contributed by atoms with Gasteiger partial charge in [-0.05, 0) is 44.4 Å². The molecule has 0 spiro atoms. The zero-order chi connectivity index (χ0) is 23.9. The maximum absolute atomic E-state index is 13.4. The molecule has 1 N–H and O–H groups in total. The summed E-state index contributed by atoms with van der Waals surface area (Å²) in [5.74, 6) is -0.716. The Hall–Kier alpha value is -2.87. The van der Waals surface area contributed by atoms with Crippen molar-refractivity contribution in [2.75, 3.05) is 23.7 Å². The first-order chi connectivity index (χ1) is 15.0. The van der Waals surface area contributed by atoms with Gasteiger partial charge < -0.3 is 10.2 Å². The van der Waals surface area contributed by atoms with Crippen molar-refractivity contribution in [3.05, 3.63) is 65.2 Å². The maximum Gasteiger partial charge on any atom is 0.244 e. The number of sulfonamides is 1. The molecule has 8 heteroatoms. The summed E-state index contributed by atoms with van der Waals surface area (Å²) in [5, 5.41) is 2.82. The number of carbonyl (C=O) groups excluding carboxylic acids is 2. The van der Waals surface area contributed by atoms with E-state index in [2.05, 4.69) is 5.32 Å². The fourth-order valence-corrected chi connectivity index (χ4v) is 4.35. The molecule has 7 nitrogen and oxygen atoms in total. The lowest BCUT2D eigenvalue weighted by Crippen LogP contribution is -2.51. The molecule has 0 saturated heterocycles. The smallest absolute Gasteiger partial charge is 0.244 e. The van der Waals surface area contributed by atoms with Gasteiger partial charge in [-0.25, -0.2) is 8.42 Å². The molecule has 32 heavy (non-hydrogen) atoms. The van der Waals surface area contributed by atoms with Gasteiger partial charge in [-0.2, -0.15) is 0 Å². The van der Waals surface area contributed by atoms with Gasteiger partial charge in [-0.3, -0.25) is 13.9 Å². The molecule has 2 aromatic rings. The first-order valence-corrected chi connectivity index (χ1v) is 12.6. The van der Waals surface area contributed by atoms with Crippen molar-refractivity contribution in [2.45, 2.75) is 46.7 Å². The average molecular weight is 460 g/mol. The zero-order valence-corrected chi connectivity index (χ0v) is 20.3. The number of aryl methyl sites for hydroxylation is 2. The second-order valence-electron chi connectivity index (χ2n) is 8.03. The molecule has 2 rings (SSSR count). The van der Waals surface area contributed by atoms with Crippen molar-refractivity contribution in [1.82, 2.24) is 10.2 Å². The molecule has 0 aliphatic heterocycles. The number of hydrogen-bond acceptors (Lipinski definition) is 4. The van der Waals surface area contributed by atoms with E-state index >= 15 is 0 Å². The number of carbonyl (C=O) groups is 2. The number of hydrogen-bond donors (Lipinski definition) is 1. The molecule has 1 atom stereocenters. The lowest BCUT2D eigenvalue weighted by atomic mass is 10.1. The normalized spacial score (nSPS) is 12.2. The lowest BCUT2D eigenvalue weighted by molar-refractivity contribution is -0.139. The van der Waals surface area contributed by atoms with Crippen LogP contribution in [-0.2, 0) is 26.2 Å². The van der Waals surface area contributed by atoms with Crippen LogP contribution in [0.4, 0.5) is 5.69 Å². The first-order valence-electron chi connectivity index (χ1n) is 10.7. The van der Waals surface area contributed by atoms with Crippen LogP contribution >= 0.6 is 0 Å². The van der Waals surface area contributed by atoms with E-state index in [1.54, 1.807) is 13.0 Å². The molecule has 0 aliphatic carbocycles. The summed E-state index contributed by atoms with van der Waals surface area (Å²) in [6.07, 6.45) is 1.86. The summed E-state index contributed by atoms with van der Waals surface area (Å²) in [5.41, 5.74) is 3.06. The predicted octanol–water partition coefficient (Wildman–Crippen LogP) is 3.01. The molecular weight excluding hydrogens is 426 g/mol. The third-order valence-electron chi connectivity index (χ3n) is 5.21. The van der Waals surface area contributed by atoms with Gasteiger partial charge in [0.1, 0.15) is 12.6 Å². The van der Waals surface area contributed by atoms with Crippen LogP contribution in [0.2, 0.25) is 0 Å². The number of nitrogens with zero attached hydrogens (tertiary/aromatic N) is 2. The monoisotopic (exact) mass is 459 g/mol. The highest BCUT2D eigenvalue weighted by molar-refractivity contribution is 7.92. The number of rotatable bonds is 10. The molecule has 0 aliphatic rings. The van der Waals surface area contributed by atoms with Crippen molar-refractivity contribution in [2.24, 2.45) is 0 Å². The van der Waals surface area contributed by atoms with Gasteiger partial charge in [0, 0.05) is 13.1 Å². The van der Waals surface area contributed by atoms with Gasteiger partial charge in [0.15, 0.2) is 0 Å². The van der Waals surface area contributed by atoms with E-state index in [0.29, 0.717) is 12.2 Å². The molecule has 2 aromatic carbocycles. The SMILES string of the molecule is CCCNC(=O)C(C)N(Cc1ccccc1)C(=O)CN(c1ccc(C)cc1C)S(C)(=O)=O. The quantitative estimate of drug-likeness (QED) is 0.592. The Balaban J connectivity index is 2.38. The molecule has 0 aromatic heterocycles. The minimum absolute atomic E-state index is 0.199. The molecule has 0 heterocycles. The highest BCUT2D eigenvalue weighted by atomic mass is 32.2. The van der Waals surface area contributed by atoms with Crippen molar-refractivity contribution in [3.8, 4) is 0 Å². The Morgan fingerprint density at radius 1 is 1.06 bits per heavy atom. The molecular formula is C24H33N3O4S. The van der Waals surface area contributed by atoms with E-state index < -0.39 is 22.0 Å². The molecule has 174 valence electrons. The second-order valence-corrected chi connectivity index (χ2v) is 9.94. The number of benzene rings is 2. The largest absolute Gasteiger partial charge is 0.354 e. The van der Waals surface area contributed by atoms with E-state index in [1.165, 1.54) is 4.90 Å². The number of nitrogens with one attached hydrogen (secondary N) is 1. The van der Waals surface area contributed by atoms with Crippen LogP contribution in [0.15, 0.2) is 48.5 Å². The minimum atomic E-state index is -3.73. The van der Waals surface area contributed by atoms with Crippen molar-refractivity contribution in [3.63, 3.8) is 0 Å². The van der Waals surface area contributed by atoms with Crippen molar-refractivity contribution >= 4 is 27.5 Å². The summed E-state index contributed by atoms with van der Waals surface area (Å²) in [7, 11) is -3.73. The Bertz CT molecular complexity index is 1040. The van der Waals surface area contributed by atoms with Crippen LogP contribution < -0.4 is 9.62 Å². The van der Waals surface area contributed by atoms with Gasteiger partial charge in [0.05, 0.1) is 11.9 Å². The van der Waals surface area contributed by atoms with Crippen LogP contribution in [-0.4, -0.2) is 50.5 Å². The summed E-state index contributed by atoms with van der Waals surface area (Å²) >= 11 is 0. The van der Waals surface area contributed by atoms with E-state index in [0.717, 1.165) is 33.7 Å². The van der Waals surface area contributed by atoms with Gasteiger partial charge in [-0.1, -0.05) is 55.0 Å². The summed E-state index contributed by atoms with van der Waals surface area (Å²) < 4.78 is 26.3. The Kier molecular flexibility index (Phi) is 8.83. The van der Waals surface area contributed by atoms with E-state index in [4.69, 9.17) is 0 Å². The summed E-state index contributed by atoms with van der Waals surface area (Å²) in [6.45, 7) is 7.67. The molecule has 1 unspecified atom stereocenters. The van der Waals surface area contributed by atoms with E-state index in [-0.39, 0.29) is 19.0 Å². The van der Waals surface area contributed by atoms with E-state index in [1.807, 2.05) is 63.2 Å². The number of amides is 2. The molecule has 0 fully saturated rings. The molecule has 0 bridgehead atoms. The zero-order valence-electron chi connectivity index (χ0n) is 19.5. The maximum atomic E-state index is 13.4. The summed E-state index contributed by atoms with van der Waals surface area (Å²) in [4.78, 5) is 27.5. The van der Waals surface area contributed by atoms with Crippen LogP contribution in [0.3, 0.4) is 0 Å². The third kappa shape index (κ3) is 6.82. The fourth-order valence-electron chi connectivity index (χ4n) is 3.44. The minimum Gasteiger partial charge on any atom is -0.354 e. The van der Waals surface area contributed by atoms with Crippen LogP contribution in [0.1, 0.15) is 37.0 Å². The fraction of sp³-hybridized carbons (Fsp3) is 0.417. The standard InChI is InChI=1S/C24H33N3O4S/c1-6-14-25-24(29)20(4)26(16-21-10-8-7-9-11-21)23(28)17-27(32(5,30)31)22-13-12-18(2)15-19(22)3/h7-13,15,20H,6,14,16-17H2,1-5H3,(H,25,29). The molecule has 0 saturated carbocycles. The first kappa shape index (κ1) is 25.4. The van der Waals surface area contributed by atoms with Crippen molar-refractivity contribution < 1.29 is 18.0 Å². The Morgan fingerprint density at radius 2 is 1.72 bits per heavy atom. The molecule has 0 radical (unpaired) electrons. The predicted molar refractivity (Wildman–Crippen MR) is 128 cm³/mol. The van der Waals surface area contributed by atoms with Gasteiger partial charge in [-0.15, -0.1) is 0 Å². The van der Waals surface area contributed by atoms with E-state index in [9.17, 15) is 18.0 Å². The highest BCUT2D eigenvalue weighted by Crippen LogP contribution is 2.24. The number of anilines is 1. The average Bonchev–Trinajstić information content (AvgIpc) is 2.74. The van der Waals surface area contributed by atoms with Crippen LogP contribution in [0.25, 0.3) is 0 Å². The van der Waals surface area contributed by atoms with Crippen molar-refractivity contribution in [1.29, 1.82) is 0 Å². The van der Waals surface area contributed by atoms with Gasteiger partial charge >= 0.3 is 0 Å². The Labute approximate surface area is 191 Å².